The van der Waals surface area contributed by atoms with E-state index in [-0.39, 0.29) is 5.88 Å². The van der Waals surface area contributed by atoms with Gasteiger partial charge in [-0.1, -0.05) is 0 Å². The van der Waals surface area contributed by atoms with Crippen LogP contribution < -0.4 is 0 Å². The molecule has 2 aromatic rings. The van der Waals surface area contributed by atoms with Crippen molar-refractivity contribution >= 4 is 11.1 Å². The molecule has 1 aliphatic rings. The number of furan rings is 1. The minimum absolute atomic E-state index is 0.0515. The molecule has 0 amide bonds. The largest absolute Gasteiger partial charge is 0.491 e. The van der Waals surface area contributed by atoms with E-state index in [2.05, 4.69) is 9.97 Å². The zero-order chi connectivity index (χ0) is 9.54. The molecule has 4 heteroatoms. The van der Waals surface area contributed by atoms with Gasteiger partial charge >= 0.3 is 0 Å². The first-order valence-electron chi connectivity index (χ1n) is 4.80. The summed E-state index contributed by atoms with van der Waals surface area (Å²) in [6.45, 7) is 0. The summed E-state index contributed by atoms with van der Waals surface area (Å²) in [4.78, 5) is 7.85. The van der Waals surface area contributed by atoms with Crippen LogP contribution in [0.2, 0.25) is 0 Å². The Labute approximate surface area is 80.6 Å². The van der Waals surface area contributed by atoms with Crippen molar-refractivity contribution in [2.75, 3.05) is 0 Å². The van der Waals surface area contributed by atoms with E-state index < -0.39 is 0 Å². The van der Waals surface area contributed by atoms with Crippen molar-refractivity contribution in [2.45, 2.75) is 25.7 Å². The van der Waals surface area contributed by atoms with Crippen LogP contribution in [-0.2, 0) is 12.8 Å². The predicted molar refractivity (Wildman–Crippen MR) is 50.1 cm³/mol. The normalized spacial score (nSPS) is 15.7. The molecule has 72 valence electrons. The van der Waals surface area contributed by atoms with Crippen molar-refractivity contribution in [2.24, 2.45) is 0 Å². The van der Waals surface area contributed by atoms with Gasteiger partial charge in [0.2, 0.25) is 5.58 Å². The van der Waals surface area contributed by atoms with Gasteiger partial charge in [0.15, 0.2) is 0 Å². The van der Waals surface area contributed by atoms with Crippen molar-refractivity contribution in [1.29, 1.82) is 0 Å². The highest BCUT2D eigenvalue weighted by molar-refractivity contribution is 5.81. The minimum atomic E-state index is -0.0515. The van der Waals surface area contributed by atoms with E-state index in [1.54, 1.807) is 0 Å². The van der Waals surface area contributed by atoms with Gasteiger partial charge in [-0.3, -0.25) is 0 Å². The third-order valence-electron chi connectivity index (χ3n) is 2.71. The molecule has 2 heterocycles. The van der Waals surface area contributed by atoms with Crippen molar-refractivity contribution < 1.29 is 9.52 Å². The molecule has 1 N–H and O–H groups in total. The highest BCUT2D eigenvalue weighted by Crippen LogP contribution is 2.33. The Morgan fingerprint density at radius 2 is 2.07 bits per heavy atom. The van der Waals surface area contributed by atoms with E-state index in [0.717, 1.165) is 36.1 Å². The van der Waals surface area contributed by atoms with Crippen molar-refractivity contribution in [3.05, 3.63) is 17.7 Å². The van der Waals surface area contributed by atoms with Gasteiger partial charge in [-0.25, -0.2) is 4.98 Å². The molecular formula is C10H10N2O2. The lowest BCUT2D eigenvalue weighted by molar-refractivity contribution is 0.434. The highest BCUT2D eigenvalue weighted by atomic mass is 16.4. The van der Waals surface area contributed by atoms with Gasteiger partial charge in [0, 0.05) is 12.0 Å². The van der Waals surface area contributed by atoms with Gasteiger partial charge in [0.05, 0.1) is 0 Å². The topological polar surface area (TPSA) is 59.2 Å². The molecule has 0 saturated heterocycles. The summed E-state index contributed by atoms with van der Waals surface area (Å²) in [5.41, 5.74) is 2.38. The maximum Gasteiger partial charge on any atom is 0.259 e. The van der Waals surface area contributed by atoms with Crippen molar-refractivity contribution in [3.63, 3.8) is 0 Å². The van der Waals surface area contributed by atoms with Crippen LogP contribution in [0.15, 0.2) is 10.7 Å². The van der Waals surface area contributed by atoms with Crippen molar-refractivity contribution in [3.8, 4) is 5.88 Å². The molecule has 0 radical (unpaired) electrons. The number of hydrogen-bond acceptors (Lipinski definition) is 4. The smallest absolute Gasteiger partial charge is 0.259 e. The fourth-order valence-corrected chi connectivity index (χ4v) is 2.04. The average Bonchev–Trinajstić information content (AvgIpc) is 2.59. The van der Waals surface area contributed by atoms with Crippen LogP contribution in [0.5, 0.6) is 5.88 Å². The summed E-state index contributed by atoms with van der Waals surface area (Å²) in [6, 6.07) is 0. The molecule has 0 aromatic carbocycles. The van der Waals surface area contributed by atoms with E-state index in [0.29, 0.717) is 5.58 Å². The number of nitrogens with zero attached hydrogens (tertiary/aromatic N) is 2. The molecule has 1 aliphatic carbocycles. The fourth-order valence-electron chi connectivity index (χ4n) is 2.04. The molecule has 0 unspecified atom stereocenters. The second-order valence-electron chi connectivity index (χ2n) is 3.59. The Balaban J connectivity index is 2.36. The number of rotatable bonds is 0. The molecule has 0 saturated carbocycles. The summed E-state index contributed by atoms with van der Waals surface area (Å²) in [7, 11) is 0. The lowest BCUT2D eigenvalue weighted by atomic mass is 9.98. The summed E-state index contributed by atoms with van der Waals surface area (Å²) >= 11 is 0. The maximum absolute atomic E-state index is 9.48. The van der Waals surface area contributed by atoms with Gasteiger partial charge < -0.3 is 9.52 Å². The first-order chi connectivity index (χ1) is 6.86. The zero-order valence-electron chi connectivity index (χ0n) is 7.66. The zero-order valence-corrected chi connectivity index (χ0v) is 7.66. The van der Waals surface area contributed by atoms with E-state index in [4.69, 9.17) is 4.42 Å². The summed E-state index contributed by atoms with van der Waals surface area (Å²) in [5, 5.41) is 9.48. The highest BCUT2D eigenvalue weighted by Gasteiger charge is 2.20. The van der Waals surface area contributed by atoms with Crippen molar-refractivity contribution in [1.82, 2.24) is 9.97 Å². The van der Waals surface area contributed by atoms with Crippen LogP contribution in [0.3, 0.4) is 0 Å². The molecule has 4 nitrogen and oxygen atoms in total. The quantitative estimate of drug-likeness (QED) is 0.688. The van der Waals surface area contributed by atoms with E-state index in [1.807, 2.05) is 0 Å². The molecule has 0 spiro atoms. The van der Waals surface area contributed by atoms with Gasteiger partial charge in [0.25, 0.3) is 5.88 Å². The molecule has 0 bridgehead atoms. The van der Waals surface area contributed by atoms with Crippen LogP contribution in [0, 0.1) is 0 Å². The molecule has 0 atom stereocenters. The SMILES string of the molecule is Oc1ncnc2c3c(oc12)CCCC3. The number of hydrogen-bond donors (Lipinski definition) is 1. The summed E-state index contributed by atoms with van der Waals surface area (Å²) in [5.74, 6) is 0.923. The molecule has 0 aliphatic heterocycles. The second-order valence-corrected chi connectivity index (χ2v) is 3.59. The van der Waals surface area contributed by atoms with Crippen LogP contribution >= 0.6 is 0 Å². The van der Waals surface area contributed by atoms with Gasteiger partial charge in [-0.05, 0) is 19.3 Å². The number of aryl methyl sites for hydroxylation is 2. The minimum Gasteiger partial charge on any atom is -0.491 e. The molecule has 2 aromatic heterocycles. The Morgan fingerprint density at radius 3 is 3.00 bits per heavy atom. The van der Waals surface area contributed by atoms with E-state index in [1.165, 1.54) is 12.7 Å². The van der Waals surface area contributed by atoms with Gasteiger partial charge in [-0.15, -0.1) is 0 Å². The Hall–Kier alpha value is -1.58. The third kappa shape index (κ3) is 0.937. The monoisotopic (exact) mass is 190 g/mol. The summed E-state index contributed by atoms with van der Waals surface area (Å²) in [6.07, 6.45) is 5.65. The molecule has 0 fully saturated rings. The lowest BCUT2D eigenvalue weighted by Gasteiger charge is -2.07. The summed E-state index contributed by atoms with van der Waals surface area (Å²) < 4.78 is 5.55. The van der Waals surface area contributed by atoms with Gasteiger partial charge in [0.1, 0.15) is 17.6 Å². The lowest BCUT2D eigenvalue weighted by Crippen LogP contribution is -1.99. The Bertz CT molecular complexity index is 490. The first kappa shape index (κ1) is 7.79. The Kier molecular flexibility index (Phi) is 1.50. The van der Waals surface area contributed by atoms with Crippen LogP contribution in [0.4, 0.5) is 0 Å². The predicted octanol–water partition coefficient (Wildman–Crippen LogP) is 1.81. The van der Waals surface area contributed by atoms with Crippen LogP contribution in [0.1, 0.15) is 24.2 Å². The molecule has 14 heavy (non-hydrogen) atoms. The first-order valence-corrected chi connectivity index (χ1v) is 4.80. The average molecular weight is 190 g/mol. The number of aromatic nitrogens is 2. The number of aromatic hydroxyl groups is 1. The van der Waals surface area contributed by atoms with E-state index in [9.17, 15) is 5.11 Å². The fraction of sp³-hybridized carbons (Fsp3) is 0.400. The second kappa shape index (κ2) is 2.70. The number of fused-ring (bicyclic) bond motifs is 3. The standard InChI is InChI=1S/C10H10N2O2/c13-10-9-8(11-5-12-10)6-3-1-2-4-7(6)14-9/h5H,1-4H2,(H,11,12,13). The van der Waals surface area contributed by atoms with Crippen LogP contribution in [0.25, 0.3) is 11.1 Å². The molecular weight excluding hydrogens is 180 g/mol. The third-order valence-corrected chi connectivity index (χ3v) is 2.71. The maximum atomic E-state index is 9.48. The Morgan fingerprint density at radius 1 is 1.21 bits per heavy atom. The van der Waals surface area contributed by atoms with Crippen LogP contribution in [-0.4, -0.2) is 15.1 Å². The molecule has 3 rings (SSSR count). The van der Waals surface area contributed by atoms with Gasteiger partial charge in [-0.2, -0.15) is 4.98 Å². The van der Waals surface area contributed by atoms with E-state index >= 15 is 0 Å².